The van der Waals surface area contributed by atoms with Gasteiger partial charge in [0.15, 0.2) is 0 Å². The van der Waals surface area contributed by atoms with Crippen LogP contribution in [0.5, 0.6) is 0 Å². The van der Waals surface area contributed by atoms with Crippen molar-refractivity contribution in [2.45, 2.75) is 53.0 Å². The summed E-state index contributed by atoms with van der Waals surface area (Å²) in [6, 6.07) is 18.6. The van der Waals surface area contributed by atoms with Crippen molar-refractivity contribution in [2.24, 2.45) is 0 Å². The first-order valence-corrected chi connectivity index (χ1v) is 11.9. The first-order chi connectivity index (χ1) is 16.7. The molecule has 0 saturated heterocycles. The molecule has 1 heterocycles. The number of hydrogen-bond acceptors (Lipinski definition) is 3. The third kappa shape index (κ3) is 4.83. The molecule has 0 spiro atoms. The van der Waals surface area contributed by atoms with Crippen molar-refractivity contribution < 1.29 is 14.4 Å². The smallest absolute Gasteiger partial charge is 0.261 e. The van der Waals surface area contributed by atoms with Crippen LogP contribution in [0, 0.1) is 20.8 Å². The molecule has 0 aliphatic carbocycles. The van der Waals surface area contributed by atoms with Gasteiger partial charge in [-0.25, -0.2) is 5.01 Å². The maximum absolute atomic E-state index is 13.4. The fourth-order valence-corrected chi connectivity index (χ4v) is 4.79. The molecule has 1 unspecified atom stereocenters. The third-order valence-electron chi connectivity index (χ3n) is 6.62. The molecule has 0 radical (unpaired) electrons. The molecular weight excluding hydrogens is 438 g/mol. The summed E-state index contributed by atoms with van der Waals surface area (Å²) in [7, 11) is 0. The average Bonchev–Trinajstić information content (AvgIpc) is 2.91. The van der Waals surface area contributed by atoms with Crippen LogP contribution in [0.15, 0.2) is 60.7 Å². The second kappa shape index (κ2) is 9.74. The van der Waals surface area contributed by atoms with E-state index in [0.29, 0.717) is 5.69 Å². The SMILES string of the molecule is Cc1cc(C)c(CC(=O)N[C@@H](C)C(=O)NN2C(=O)C(C)c3ccccc3-c3ccccc32)c(C)c1. The Balaban J connectivity index is 1.52. The summed E-state index contributed by atoms with van der Waals surface area (Å²) < 4.78 is 0. The van der Waals surface area contributed by atoms with E-state index < -0.39 is 17.9 Å². The van der Waals surface area contributed by atoms with Crippen LogP contribution in [0.3, 0.4) is 0 Å². The molecule has 3 aromatic carbocycles. The molecule has 35 heavy (non-hydrogen) atoms. The molecule has 6 heteroatoms. The molecule has 2 N–H and O–H groups in total. The van der Waals surface area contributed by atoms with Crippen LogP contribution in [-0.4, -0.2) is 23.8 Å². The minimum atomic E-state index is -0.825. The number of para-hydroxylation sites is 1. The van der Waals surface area contributed by atoms with Gasteiger partial charge in [-0.1, -0.05) is 60.2 Å². The van der Waals surface area contributed by atoms with Crippen LogP contribution in [0.4, 0.5) is 5.69 Å². The molecular formula is C29H31N3O3. The second-order valence-electron chi connectivity index (χ2n) is 9.32. The second-order valence-corrected chi connectivity index (χ2v) is 9.32. The summed E-state index contributed by atoms with van der Waals surface area (Å²) in [6.45, 7) is 9.46. The van der Waals surface area contributed by atoms with Gasteiger partial charge < -0.3 is 5.32 Å². The molecule has 0 aromatic heterocycles. The number of rotatable bonds is 5. The molecule has 6 nitrogen and oxygen atoms in total. The minimum Gasteiger partial charge on any atom is -0.344 e. The molecule has 0 saturated carbocycles. The van der Waals surface area contributed by atoms with Crippen LogP contribution < -0.4 is 15.8 Å². The molecule has 3 aromatic rings. The fraction of sp³-hybridized carbons (Fsp3) is 0.276. The lowest BCUT2D eigenvalue weighted by atomic mass is 9.92. The molecule has 180 valence electrons. The normalized spacial score (nSPS) is 15.5. The zero-order valence-corrected chi connectivity index (χ0v) is 20.8. The predicted molar refractivity (Wildman–Crippen MR) is 138 cm³/mol. The zero-order valence-electron chi connectivity index (χ0n) is 20.8. The monoisotopic (exact) mass is 469 g/mol. The summed E-state index contributed by atoms with van der Waals surface area (Å²) in [5.41, 5.74) is 10.3. The van der Waals surface area contributed by atoms with Crippen molar-refractivity contribution in [2.75, 3.05) is 5.01 Å². The van der Waals surface area contributed by atoms with Gasteiger partial charge in [0.05, 0.1) is 18.0 Å². The highest BCUT2D eigenvalue weighted by Crippen LogP contribution is 2.39. The number of benzene rings is 3. The third-order valence-corrected chi connectivity index (χ3v) is 6.62. The van der Waals surface area contributed by atoms with Crippen LogP contribution in [0.2, 0.25) is 0 Å². The van der Waals surface area contributed by atoms with Crippen molar-refractivity contribution in [3.8, 4) is 11.1 Å². The Kier molecular flexibility index (Phi) is 6.74. The number of anilines is 1. The number of hydrazine groups is 1. The van der Waals surface area contributed by atoms with Gasteiger partial charge in [-0.3, -0.25) is 19.8 Å². The number of nitrogens with zero attached hydrogens (tertiary/aromatic N) is 1. The highest BCUT2D eigenvalue weighted by Gasteiger charge is 2.33. The minimum absolute atomic E-state index is 0.188. The quantitative estimate of drug-likeness (QED) is 0.577. The van der Waals surface area contributed by atoms with Crippen molar-refractivity contribution in [3.05, 3.63) is 88.5 Å². The highest BCUT2D eigenvalue weighted by molar-refractivity contribution is 6.06. The molecule has 2 atom stereocenters. The number of nitrogens with one attached hydrogen (secondary N) is 2. The van der Waals surface area contributed by atoms with Crippen molar-refractivity contribution >= 4 is 23.4 Å². The molecule has 0 fully saturated rings. The summed E-state index contributed by atoms with van der Waals surface area (Å²) in [5, 5.41) is 4.10. The van der Waals surface area contributed by atoms with Gasteiger partial charge in [0.2, 0.25) is 5.91 Å². The average molecular weight is 470 g/mol. The van der Waals surface area contributed by atoms with Gasteiger partial charge in [-0.2, -0.15) is 0 Å². The Hall–Kier alpha value is -3.93. The van der Waals surface area contributed by atoms with Crippen LogP contribution >= 0.6 is 0 Å². The van der Waals surface area contributed by atoms with Gasteiger partial charge in [-0.05, 0) is 68.5 Å². The van der Waals surface area contributed by atoms with Crippen LogP contribution in [-0.2, 0) is 20.8 Å². The number of carbonyl (C=O) groups is 3. The predicted octanol–water partition coefficient (Wildman–Crippen LogP) is 4.51. The fourth-order valence-electron chi connectivity index (χ4n) is 4.79. The van der Waals surface area contributed by atoms with Crippen LogP contribution in [0.1, 0.15) is 47.6 Å². The number of amides is 3. The van der Waals surface area contributed by atoms with E-state index in [1.165, 1.54) is 5.01 Å². The van der Waals surface area contributed by atoms with Gasteiger partial charge in [-0.15, -0.1) is 0 Å². The van der Waals surface area contributed by atoms with E-state index in [2.05, 4.69) is 10.7 Å². The lowest BCUT2D eigenvalue weighted by Crippen LogP contribution is -2.54. The number of carbonyl (C=O) groups excluding carboxylic acids is 3. The lowest BCUT2D eigenvalue weighted by molar-refractivity contribution is -0.130. The first-order valence-electron chi connectivity index (χ1n) is 11.9. The molecule has 1 aliphatic rings. The van der Waals surface area contributed by atoms with E-state index in [0.717, 1.165) is 38.9 Å². The summed E-state index contributed by atoms with van der Waals surface area (Å²) >= 11 is 0. The van der Waals surface area contributed by atoms with Crippen molar-refractivity contribution in [3.63, 3.8) is 0 Å². The van der Waals surface area contributed by atoms with Crippen molar-refractivity contribution in [1.82, 2.24) is 10.7 Å². The van der Waals surface area contributed by atoms with Gasteiger partial charge in [0, 0.05) is 5.56 Å². The summed E-state index contributed by atoms with van der Waals surface area (Å²) in [6.07, 6.45) is 0.188. The zero-order chi connectivity index (χ0) is 25.3. The number of fused-ring (bicyclic) bond motifs is 3. The van der Waals surface area contributed by atoms with Gasteiger partial charge in [0.25, 0.3) is 11.8 Å². The maximum atomic E-state index is 13.4. The highest BCUT2D eigenvalue weighted by atomic mass is 16.2. The van der Waals surface area contributed by atoms with Crippen LogP contribution in [0.25, 0.3) is 11.1 Å². The number of aryl methyl sites for hydroxylation is 3. The van der Waals surface area contributed by atoms with E-state index in [9.17, 15) is 14.4 Å². The van der Waals surface area contributed by atoms with E-state index in [-0.39, 0.29) is 18.2 Å². The van der Waals surface area contributed by atoms with Gasteiger partial charge >= 0.3 is 0 Å². The topological polar surface area (TPSA) is 78.5 Å². The van der Waals surface area contributed by atoms with Gasteiger partial charge in [0.1, 0.15) is 6.04 Å². The first kappa shape index (κ1) is 24.2. The van der Waals surface area contributed by atoms with E-state index >= 15 is 0 Å². The number of hydrogen-bond donors (Lipinski definition) is 2. The maximum Gasteiger partial charge on any atom is 0.261 e. The molecule has 3 amide bonds. The Bertz CT molecular complexity index is 1290. The molecule has 1 aliphatic heterocycles. The standard InChI is InChI=1S/C29H31N3O3/c1-17-14-18(2)25(19(3)15-17)16-27(33)30-21(5)28(34)31-32-26-13-9-8-12-24(26)23-11-7-6-10-22(23)20(4)29(32)35/h6-15,20-21H,16H2,1-5H3,(H,30,33)(H,31,34)/t20?,21-/m0/s1. The summed E-state index contributed by atoms with van der Waals surface area (Å²) in [5.74, 6) is -1.39. The summed E-state index contributed by atoms with van der Waals surface area (Å²) in [4.78, 5) is 39.3. The van der Waals surface area contributed by atoms with Crippen molar-refractivity contribution in [1.29, 1.82) is 0 Å². The van der Waals surface area contributed by atoms with E-state index in [1.54, 1.807) is 6.92 Å². The Morgan fingerprint density at radius 2 is 1.54 bits per heavy atom. The van der Waals surface area contributed by atoms with E-state index in [1.807, 2.05) is 88.4 Å². The Morgan fingerprint density at radius 1 is 0.943 bits per heavy atom. The van der Waals surface area contributed by atoms with E-state index in [4.69, 9.17) is 0 Å². The Labute approximate surface area is 206 Å². The molecule has 4 rings (SSSR count). The molecule has 0 bridgehead atoms. The Morgan fingerprint density at radius 3 is 2.23 bits per heavy atom. The lowest BCUT2D eigenvalue weighted by Gasteiger charge is -2.27. The largest absolute Gasteiger partial charge is 0.344 e.